The van der Waals surface area contributed by atoms with Crippen LogP contribution in [0.25, 0.3) is 28.2 Å². The topological polar surface area (TPSA) is 85.7 Å². The number of para-hydroxylation sites is 1. The smallest absolute Gasteiger partial charge is 0.338 e. The molecular formula is C33H29N3O4S. The number of aromatic amines is 1. The molecule has 0 fully saturated rings. The monoisotopic (exact) mass is 563 g/mol. The third-order valence-electron chi connectivity index (χ3n) is 7.10. The van der Waals surface area contributed by atoms with Crippen LogP contribution in [-0.2, 0) is 9.53 Å². The number of allylic oxidation sites excluding steroid dienone is 1. The Balaban J connectivity index is 1.59. The quantitative estimate of drug-likeness (QED) is 0.283. The fourth-order valence-electron chi connectivity index (χ4n) is 5.24. The first-order chi connectivity index (χ1) is 19.9. The number of H-pyrrole nitrogens is 1. The van der Waals surface area contributed by atoms with Crippen molar-refractivity contribution in [2.24, 2.45) is 4.99 Å². The van der Waals surface area contributed by atoms with Crippen molar-refractivity contribution in [1.82, 2.24) is 9.55 Å². The van der Waals surface area contributed by atoms with Crippen molar-refractivity contribution >= 4 is 34.3 Å². The molecule has 206 valence electrons. The molecule has 0 unspecified atom stereocenters. The van der Waals surface area contributed by atoms with Crippen LogP contribution in [0.3, 0.4) is 0 Å². The van der Waals surface area contributed by atoms with Gasteiger partial charge in [0.15, 0.2) is 4.80 Å². The molecule has 1 aliphatic heterocycles. The number of aromatic nitrogens is 2. The Morgan fingerprint density at radius 3 is 2.44 bits per heavy atom. The van der Waals surface area contributed by atoms with Gasteiger partial charge in [-0.2, -0.15) is 0 Å². The number of rotatable bonds is 6. The molecule has 7 nitrogen and oxygen atoms in total. The summed E-state index contributed by atoms with van der Waals surface area (Å²) < 4.78 is 13.1. The van der Waals surface area contributed by atoms with Gasteiger partial charge in [0.25, 0.3) is 5.56 Å². The average Bonchev–Trinajstić information content (AvgIpc) is 3.49. The van der Waals surface area contributed by atoms with Crippen molar-refractivity contribution in [2.75, 3.05) is 7.11 Å². The first kappa shape index (κ1) is 26.5. The summed E-state index contributed by atoms with van der Waals surface area (Å²) in [6.07, 6.45) is 1.61. The minimum absolute atomic E-state index is 0.221. The van der Waals surface area contributed by atoms with Crippen LogP contribution in [-0.4, -0.2) is 28.7 Å². The molecule has 1 aliphatic rings. The van der Waals surface area contributed by atoms with Crippen LogP contribution in [0.4, 0.5) is 0 Å². The van der Waals surface area contributed by atoms with Crippen molar-refractivity contribution in [3.8, 4) is 17.0 Å². The van der Waals surface area contributed by atoms with E-state index in [0.29, 0.717) is 26.4 Å². The number of carbonyl (C=O) groups is 1. The number of nitrogens with zero attached hydrogens (tertiary/aromatic N) is 2. The number of ether oxygens (including phenoxy) is 2. The zero-order valence-corrected chi connectivity index (χ0v) is 24.0. The Hall–Kier alpha value is -4.69. The van der Waals surface area contributed by atoms with Gasteiger partial charge in [0.2, 0.25) is 0 Å². The molecule has 6 rings (SSSR count). The number of hydrogen-bond donors (Lipinski definition) is 1. The van der Waals surface area contributed by atoms with E-state index in [2.05, 4.69) is 4.98 Å². The summed E-state index contributed by atoms with van der Waals surface area (Å²) >= 11 is 1.31. The highest BCUT2D eigenvalue weighted by atomic mass is 32.1. The second-order valence-electron chi connectivity index (χ2n) is 10.1. The van der Waals surface area contributed by atoms with Gasteiger partial charge in [-0.3, -0.25) is 9.36 Å². The van der Waals surface area contributed by atoms with E-state index in [1.807, 2.05) is 84.9 Å². The molecule has 5 aromatic rings. The Morgan fingerprint density at radius 2 is 1.73 bits per heavy atom. The second kappa shape index (κ2) is 10.7. The molecule has 3 aromatic carbocycles. The van der Waals surface area contributed by atoms with Gasteiger partial charge in [0.05, 0.1) is 40.8 Å². The molecule has 0 saturated carbocycles. The van der Waals surface area contributed by atoms with E-state index >= 15 is 0 Å². The Bertz CT molecular complexity index is 1980. The third kappa shape index (κ3) is 4.80. The normalized spacial score (nSPS) is 15.2. The van der Waals surface area contributed by atoms with E-state index in [9.17, 15) is 9.59 Å². The number of thiazole rings is 1. The summed E-state index contributed by atoms with van der Waals surface area (Å²) in [7, 11) is 1.60. The molecule has 2 aromatic heterocycles. The van der Waals surface area contributed by atoms with Gasteiger partial charge in [0, 0.05) is 16.5 Å². The standard InChI is InChI=1S/C33H29N3O4S/c1-19(2)40-32(38)28-20(3)34-33-36(30(28)22-14-16-23(39-4)17-15-22)31(37)27(41-33)18-25-24-12-8-9-13-26(24)35-29(25)21-10-6-5-7-11-21/h5-19,30,35H,1-4H3/b27-18+/t30-/m0/s1. The van der Waals surface area contributed by atoms with Crippen LogP contribution in [0.5, 0.6) is 5.75 Å². The Kier molecular flexibility index (Phi) is 6.93. The number of esters is 1. The van der Waals surface area contributed by atoms with Gasteiger partial charge in [-0.1, -0.05) is 72.0 Å². The number of fused-ring (bicyclic) bond motifs is 2. The SMILES string of the molecule is COc1ccc([C@H]2C(C(=O)OC(C)C)=C(C)N=c3s/c(=C/c4c(-c5ccccc5)[nH]c5ccccc45)c(=O)n32)cc1. The van der Waals surface area contributed by atoms with Gasteiger partial charge in [-0.05, 0) is 56.2 Å². The van der Waals surface area contributed by atoms with E-state index < -0.39 is 12.0 Å². The van der Waals surface area contributed by atoms with Crippen LogP contribution in [0.15, 0.2) is 99.9 Å². The second-order valence-corrected chi connectivity index (χ2v) is 11.1. The molecule has 0 amide bonds. The molecule has 8 heteroatoms. The van der Waals surface area contributed by atoms with E-state index in [-0.39, 0.29) is 11.7 Å². The molecule has 0 saturated heterocycles. The van der Waals surface area contributed by atoms with E-state index in [4.69, 9.17) is 14.5 Å². The molecule has 0 spiro atoms. The number of nitrogens with one attached hydrogen (secondary N) is 1. The zero-order chi connectivity index (χ0) is 28.7. The molecule has 1 N–H and O–H groups in total. The molecule has 0 bridgehead atoms. The Labute approximate surface area is 240 Å². The summed E-state index contributed by atoms with van der Waals surface area (Å²) in [4.78, 5) is 36.4. The van der Waals surface area contributed by atoms with Crippen molar-refractivity contribution in [1.29, 1.82) is 0 Å². The van der Waals surface area contributed by atoms with Crippen molar-refractivity contribution in [2.45, 2.75) is 32.9 Å². The summed E-state index contributed by atoms with van der Waals surface area (Å²) in [6.45, 7) is 5.39. The predicted molar refractivity (Wildman–Crippen MR) is 162 cm³/mol. The van der Waals surface area contributed by atoms with Gasteiger partial charge in [0.1, 0.15) is 5.75 Å². The van der Waals surface area contributed by atoms with E-state index in [0.717, 1.165) is 33.3 Å². The maximum atomic E-state index is 14.2. The van der Waals surface area contributed by atoms with Crippen molar-refractivity contribution in [3.05, 3.63) is 121 Å². The molecular weight excluding hydrogens is 534 g/mol. The van der Waals surface area contributed by atoms with Gasteiger partial charge < -0.3 is 14.5 Å². The maximum Gasteiger partial charge on any atom is 0.338 e. The van der Waals surface area contributed by atoms with Crippen LogP contribution in [0.1, 0.15) is 37.9 Å². The van der Waals surface area contributed by atoms with Crippen LogP contribution in [0, 0.1) is 0 Å². The number of benzene rings is 3. The lowest BCUT2D eigenvalue weighted by Gasteiger charge is -2.25. The minimum Gasteiger partial charge on any atom is -0.497 e. The summed E-state index contributed by atoms with van der Waals surface area (Å²) in [5, 5.41) is 1.02. The van der Waals surface area contributed by atoms with Crippen LogP contribution >= 0.6 is 11.3 Å². The first-order valence-electron chi connectivity index (χ1n) is 13.4. The van der Waals surface area contributed by atoms with Gasteiger partial charge in [-0.25, -0.2) is 9.79 Å². The van der Waals surface area contributed by atoms with Crippen molar-refractivity contribution in [3.63, 3.8) is 0 Å². The highest BCUT2D eigenvalue weighted by molar-refractivity contribution is 7.07. The fourth-order valence-corrected chi connectivity index (χ4v) is 6.27. The van der Waals surface area contributed by atoms with E-state index in [1.54, 1.807) is 32.4 Å². The summed E-state index contributed by atoms with van der Waals surface area (Å²) in [6, 6.07) is 24.8. The number of hydrogen-bond acceptors (Lipinski definition) is 6. The first-order valence-corrected chi connectivity index (χ1v) is 14.2. The molecule has 1 atom stereocenters. The van der Waals surface area contributed by atoms with Crippen LogP contribution < -0.4 is 19.6 Å². The largest absolute Gasteiger partial charge is 0.497 e. The van der Waals surface area contributed by atoms with E-state index in [1.165, 1.54) is 11.3 Å². The molecule has 0 aliphatic carbocycles. The molecule has 41 heavy (non-hydrogen) atoms. The summed E-state index contributed by atoms with van der Waals surface area (Å²) in [5.74, 6) is 0.195. The molecule has 3 heterocycles. The lowest BCUT2D eigenvalue weighted by atomic mass is 9.96. The summed E-state index contributed by atoms with van der Waals surface area (Å²) in [5.41, 5.74) is 5.28. The Morgan fingerprint density at radius 1 is 1.02 bits per heavy atom. The third-order valence-corrected chi connectivity index (χ3v) is 8.08. The fraction of sp³-hybridized carbons (Fsp3) is 0.182. The van der Waals surface area contributed by atoms with Crippen LogP contribution in [0.2, 0.25) is 0 Å². The highest BCUT2D eigenvalue weighted by Gasteiger charge is 2.34. The number of methoxy groups -OCH3 is 1. The maximum absolute atomic E-state index is 14.2. The minimum atomic E-state index is -0.692. The predicted octanol–water partition coefficient (Wildman–Crippen LogP) is 5.34. The highest BCUT2D eigenvalue weighted by Crippen LogP contribution is 2.33. The van der Waals surface area contributed by atoms with Crippen molar-refractivity contribution < 1.29 is 14.3 Å². The van der Waals surface area contributed by atoms with Gasteiger partial charge >= 0.3 is 5.97 Å². The lowest BCUT2D eigenvalue weighted by molar-refractivity contribution is -0.143. The van der Waals surface area contributed by atoms with Gasteiger partial charge in [-0.15, -0.1) is 0 Å². The zero-order valence-electron chi connectivity index (χ0n) is 23.2. The number of carbonyl (C=O) groups excluding carboxylic acids is 1. The lowest BCUT2D eigenvalue weighted by Crippen LogP contribution is -2.40. The molecule has 0 radical (unpaired) electrons. The average molecular weight is 564 g/mol.